The number of halogens is 4. The van der Waals surface area contributed by atoms with E-state index in [1.165, 1.54) is 187 Å². The molecule has 0 aliphatic heterocycles. The van der Waals surface area contributed by atoms with E-state index in [1.807, 2.05) is 0 Å². The van der Waals surface area contributed by atoms with Gasteiger partial charge in [0.15, 0.2) is 17.3 Å². The summed E-state index contributed by atoms with van der Waals surface area (Å²) in [4.78, 5) is 0. The third-order valence-corrected chi connectivity index (χ3v) is 12.9. The fraction of sp³-hybridized carbons (Fsp3) is 0.733. The Kier molecular flexibility index (Phi) is 32.3. The molecule has 0 unspecified atom stereocenters. The first-order chi connectivity index (χ1) is 26.6. The standard InChI is InChI=1S/C44H74IO2.CHF3O3S/c1-3-5-7-9-11-13-15-17-19-21-23-25-27-29-39-46-43-35-31-41(32-36-43)45-42-33-37-44(38-34-42)47-40-30-28-26-24-22-20-18-16-14-12-10-8-6-4-2;2-1(3,4)8(5,6)7/h31-38H,3-30,39-40H2,1-2H3;(H,5,6,7)/q+1;/p-1. The van der Waals surface area contributed by atoms with Gasteiger partial charge in [-0.2, -0.15) is 13.2 Å². The number of hydrogen-bond acceptors (Lipinski definition) is 5. The van der Waals surface area contributed by atoms with E-state index in [-0.39, 0.29) is 21.2 Å². The maximum atomic E-state index is 10.7. The minimum Gasteiger partial charge on any atom is -0.741 e. The zero-order valence-corrected chi connectivity index (χ0v) is 37.3. The summed E-state index contributed by atoms with van der Waals surface area (Å²) in [5, 5.41) is 0. The fourth-order valence-corrected chi connectivity index (χ4v) is 8.44. The molecule has 0 heterocycles. The molecule has 0 aromatic heterocycles. The van der Waals surface area contributed by atoms with Gasteiger partial charge in [0.2, 0.25) is 0 Å². The highest BCUT2D eigenvalue weighted by atomic mass is 127. The lowest BCUT2D eigenvalue weighted by Gasteiger charge is -2.08. The van der Waals surface area contributed by atoms with Crippen molar-refractivity contribution < 1.29 is 56.8 Å². The van der Waals surface area contributed by atoms with Gasteiger partial charge in [0.25, 0.3) is 0 Å². The molecule has 2 rings (SSSR count). The maximum Gasteiger partial charge on any atom is 0.485 e. The SMILES string of the molecule is CCCCCCCCCCCCCCCCOc1ccc([I+]c2ccc(OCCCCCCCCCCCCCCCC)cc2)cc1.O=S(=O)([O-])C(F)(F)F. The molecule has 5 nitrogen and oxygen atoms in total. The minimum absolute atomic E-state index is 0.178. The van der Waals surface area contributed by atoms with Crippen LogP contribution in [0, 0.1) is 7.14 Å². The first kappa shape index (κ1) is 51.5. The number of benzene rings is 2. The quantitative estimate of drug-likeness (QED) is 0.0303. The minimum atomic E-state index is -6.09. The smallest absolute Gasteiger partial charge is 0.485 e. The first-order valence-corrected chi connectivity index (χ1v) is 25.3. The molecule has 0 spiro atoms. The van der Waals surface area contributed by atoms with Crippen LogP contribution in [0.2, 0.25) is 0 Å². The van der Waals surface area contributed by atoms with Crippen molar-refractivity contribution in [3.63, 3.8) is 0 Å². The van der Waals surface area contributed by atoms with Gasteiger partial charge < -0.3 is 14.0 Å². The van der Waals surface area contributed by atoms with Crippen molar-refractivity contribution in [2.24, 2.45) is 0 Å². The summed E-state index contributed by atoms with van der Waals surface area (Å²) < 4.78 is 73.8. The summed E-state index contributed by atoms with van der Waals surface area (Å²) in [6.45, 7) is 6.27. The second kappa shape index (κ2) is 34.5. The van der Waals surface area contributed by atoms with Gasteiger partial charge in [-0.15, -0.1) is 0 Å². The Balaban J connectivity index is 0.00000169. The number of alkyl halides is 3. The topological polar surface area (TPSA) is 75.7 Å². The Bertz CT molecular complexity index is 1170. The molecule has 0 aliphatic carbocycles. The lowest BCUT2D eigenvalue weighted by atomic mass is 10.0. The predicted octanol–water partition coefficient (Wildman–Crippen LogP) is 11.6. The Labute approximate surface area is 344 Å². The second-order valence-electron chi connectivity index (χ2n) is 14.8. The molecule has 55 heavy (non-hydrogen) atoms. The van der Waals surface area contributed by atoms with Crippen molar-refractivity contribution in [2.45, 2.75) is 199 Å². The van der Waals surface area contributed by atoms with E-state index in [0.29, 0.717) is 0 Å². The first-order valence-electron chi connectivity index (χ1n) is 21.7. The van der Waals surface area contributed by atoms with Gasteiger partial charge in [-0.25, -0.2) is 8.42 Å². The third kappa shape index (κ3) is 31.2. The number of rotatable bonds is 34. The van der Waals surface area contributed by atoms with Crippen LogP contribution >= 0.6 is 0 Å². The van der Waals surface area contributed by atoms with Crippen LogP contribution in [0.4, 0.5) is 13.2 Å². The van der Waals surface area contributed by atoms with Crippen molar-refractivity contribution in [2.75, 3.05) is 13.2 Å². The van der Waals surface area contributed by atoms with Gasteiger partial charge in [0, 0.05) is 0 Å². The lowest BCUT2D eigenvalue weighted by molar-refractivity contribution is -0.597. The van der Waals surface area contributed by atoms with Crippen molar-refractivity contribution >= 4 is 10.1 Å². The van der Waals surface area contributed by atoms with E-state index in [1.54, 1.807) is 0 Å². The van der Waals surface area contributed by atoms with Gasteiger partial charge in [0.1, 0.15) is 11.5 Å². The number of ether oxygens (including phenoxy) is 2. The van der Waals surface area contributed by atoms with Gasteiger partial charge in [-0.3, -0.25) is 0 Å². The van der Waals surface area contributed by atoms with Crippen LogP contribution in [0.3, 0.4) is 0 Å². The molecule has 0 radical (unpaired) electrons. The van der Waals surface area contributed by atoms with Gasteiger partial charge in [-0.1, -0.05) is 181 Å². The van der Waals surface area contributed by atoms with E-state index in [9.17, 15) is 13.2 Å². The molecule has 0 atom stereocenters. The summed E-state index contributed by atoms with van der Waals surface area (Å²) in [5.41, 5.74) is -5.65. The average Bonchev–Trinajstić information content (AvgIpc) is 3.15. The molecule has 0 aliphatic rings. The zero-order valence-electron chi connectivity index (χ0n) is 34.3. The molecule has 0 saturated carbocycles. The molecule has 0 N–H and O–H groups in total. The molecule has 2 aromatic carbocycles. The zero-order chi connectivity index (χ0) is 40.3. The third-order valence-electron chi connectivity index (χ3n) is 9.66. The molecule has 318 valence electrons. The van der Waals surface area contributed by atoms with Crippen molar-refractivity contribution in [1.82, 2.24) is 0 Å². The fourth-order valence-electron chi connectivity index (χ4n) is 6.29. The van der Waals surface area contributed by atoms with Crippen molar-refractivity contribution in [3.05, 3.63) is 55.7 Å². The van der Waals surface area contributed by atoms with Crippen LogP contribution in [-0.4, -0.2) is 31.7 Å². The van der Waals surface area contributed by atoms with Crippen LogP contribution in [0.15, 0.2) is 48.5 Å². The molecule has 0 saturated heterocycles. The van der Waals surface area contributed by atoms with E-state index in [4.69, 9.17) is 22.4 Å². The van der Waals surface area contributed by atoms with E-state index < -0.39 is 15.6 Å². The van der Waals surface area contributed by atoms with E-state index >= 15 is 0 Å². The number of hydrogen-bond donors (Lipinski definition) is 0. The Hall–Kier alpha value is -1.53. The molecule has 10 heteroatoms. The van der Waals surface area contributed by atoms with Crippen LogP contribution in [0.5, 0.6) is 11.5 Å². The van der Waals surface area contributed by atoms with Gasteiger partial charge >= 0.3 is 26.7 Å². The van der Waals surface area contributed by atoms with Crippen LogP contribution in [-0.2, 0) is 10.1 Å². The van der Waals surface area contributed by atoms with Gasteiger partial charge in [0.05, 0.1) is 13.2 Å². The highest BCUT2D eigenvalue weighted by Crippen LogP contribution is 2.20. The monoisotopic (exact) mass is 910 g/mol. The summed E-state index contributed by atoms with van der Waals surface area (Å²) in [5.74, 6) is 2.03. The van der Waals surface area contributed by atoms with Gasteiger partial charge in [-0.05, 0) is 61.4 Å². The van der Waals surface area contributed by atoms with Crippen molar-refractivity contribution in [3.8, 4) is 11.5 Å². The van der Waals surface area contributed by atoms with Crippen LogP contribution in [0.25, 0.3) is 0 Å². The maximum absolute atomic E-state index is 10.7. The molecular formula is C45H74F3IO5S. The lowest BCUT2D eigenvalue weighted by Crippen LogP contribution is -3.61. The summed E-state index contributed by atoms with van der Waals surface area (Å²) in [6.07, 6.45) is 39.0. The largest absolute Gasteiger partial charge is 0.741 e. The normalized spacial score (nSPS) is 11.7. The highest BCUT2D eigenvalue weighted by molar-refractivity contribution is 7.86. The second-order valence-corrected chi connectivity index (χ2v) is 19.2. The summed E-state index contributed by atoms with van der Waals surface area (Å²) in [6, 6.07) is 17.7. The van der Waals surface area contributed by atoms with Crippen LogP contribution < -0.4 is 30.7 Å². The summed E-state index contributed by atoms with van der Waals surface area (Å²) in [7, 11) is -6.09. The van der Waals surface area contributed by atoms with E-state index in [2.05, 4.69) is 62.4 Å². The Morgan fingerprint density at radius 3 is 0.891 bits per heavy atom. The Morgan fingerprint density at radius 1 is 0.455 bits per heavy atom. The van der Waals surface area contributed by atoms with E-state index in [0.717, 1.165) is 24.7 Å². The molecule has 2 aromatic rings. The predicted molar refractivity (Wildman–Crippen MR) is 218 cm³/mol. The molecule has 0 bridgehead atoms. The van der Waals surface area contributed by atoms with Crippen LogP contribution in [0.1, 0.15) is 194 Å². The number of unbranched alkanes of at least 4 members (excludes halogenated alkanes) is 26. The summed E-state index contributed by atoms with van der Waals surface area (Å²) >= 11 is -0.178. The average molecular weight is 911 g/mol. The Morgan fingerprint density at radius 2 is 0.673 bits per heavy atom. The molecular weight excluding hydrogens is 836 g/mol. The molecule has 0 fully saturated rings. The van der Waals surface area contributed by atoms with Crippen molar-refractivity contribution in [1.29, 1.82) is 0 Å². The highest BCUT2D eigenvalue weighted by Gasteiger charge is 2.37. The molecule has 0 amide bonds.